The zero-order valence-corrected chi connectivity index (χ0v) is 13.0. The molecule has 4 heteroatoms. The molecule has 2 aliphatic rings. The average molecular weight is 296 g/mol. The van der Waals surface area contributed by atoms with Gasteiger partial charge in [0.05, 0.1) is 11.7 Å². The standard InChI is InChI=1S/C16H26ClN3/c17-16-8-4-5-13(16)11-18-12-14-9-10-20(19-14)15-6-2-1-3-7-15/h9-10,13,15-16,18H,1-8,11-12H2. The van der Waals surface area contributed by atoms with E-state index in [1.807, 2.05) is 0 Å². The number of hydrogen-bond acceptors (Lipinski definition) is 2. The van der Waals surface area contributed by atoms with Crippen LogP contribution in [0.2, 0.25) is 0 Å². The molecule has 0 bridgehead atoms. The molecule has 0 aromatic carbocycles. The zero-order valence-electron chi connectivity index (χ0n) is 12.2. The number of nitrogens with one attached hydrogen (secondary N) is 1. The molecule has 3 rings (SSSR count). The molecule has 3 nitrogen and oxygen atoms in total. The fraction of sp³-hybridized carbons (Fsp3) is 0.812. The van der Waals surface area contributed by atoms with Crippen molar-refractivity contribution in [3.8, 4) is 0 Å². The highest BCUT2D eigenvalue weighted by Gasteiger charge is 2.24. The SMILES string of the molecule is ClC1CCCC1CNCc1ccn(C2CCCCC2)n1. The van der Waals surface area contributed by atoms with E-state index in [4.69, 9.17) is 16.7 Å². The highest BCUT2D eigenvalue weighted by Crippen LogP contribution is 2.29. The van der Waals surface area contributed by atoms with Crippen LogP contribution < -0.4 is 5.32 Å². The van der Waals surface area contributed by atoms with Crippen LogP contribution in [0.5, 0.6) is 0 Å². The van der Waals surface area contributed by atoms with Crippen LogP contribution in [0.1, 0.15) is 63.1 Å². The highest BCUT2D eigenvalue weighted by molar-refractivity contribution is 6.20. The lowest BCUT2D eigenvalue weighted by Gasteiger charge is -2.21. The average Bonchev–Trinajstić information content (AvgIpc) is 3.10. The largest absolute Gasteiger partial charge is 0.311 e. The van der Waals surface area contributed by atoms with Crippen molar-refractivity contribution in [3.63, 3.8) is 0 Å². The lowest BCUT2D eigenvalue weighted by atomic mass is 9.96. The minimum absolute atomic E-state index is 0.377. The maximum absolute atomic E-state index is 6.31. The molecule has 2 fully saturated rings. The van der Waals surface area contributed by atoms with Crippen LogP contribution in [-0.2, 0) is 6.54 Å². The first-order valence-corrected chi connectivity index (χ1v) is 8.65. The first kappa shape index (κ1) is 14.4. The van der Waals surface area contributed by atoms with E-state index < -0.39 is 0 Å². The second kappa shape index (κ2) is 6.95. The number of alkyl halides is 1. The van der Waals surface area contributed by atoms with Gasteiger partial charge in [0, 0.05) is 18.1 Å². The van der Waals surface area contributed by atoms with Gasteiger partial charge >= 0.3 is 0 Å². The summed E-state index contributed by atoms with van der Waals surface area (Å²) in [5, 5.41) is 8.65. The summed E-state index contributed by atoms with van der Waals surface area (Å²) in [5.74, 6) is 0.650. The van der Waals surface area contributed by atoms with Gasteiger partial charge in [-0.05, 0) is 44.2 Å². The molecule has 1 N–H and O–H groups in total. The summed E-state index contributed by atoms with van der Waals surface area (Å²) in [6.07, 6.45) is 12.6. The molecule has 0 saturated heterocycles. The van der Waals surface area contributed by atoms with Crippen molar-refractivity contribution in [1.29, 1.82) is 0 Å². The van der Waals surface area contributed by atoms with Gasteiger partial charge in [-0.2, -0.15) is 5.10 Å². The summed E-state index contributed by atoms with van der Waals surface area (Å²) in [6, 6.07) is 2.80. The van der Waals surface area contributed by atoms with Gasteiger partial charge in [-0.3, -0.25) is 4.68 Å². The van der Waals surface area contributed by atoms with Crippen LogP contribution in [0.25, 0.3) is 0 Å². The maximum Gasteiger partial charge on any atom is 0.0762 e. The van der Waals surface area contributed by atoms with Crippen molar-refractivity contribution in [2.75, 3.05) is 6.54 Å². The first-order valence-electron chi connectivity index (χ1n) is 8.22. The molecule has 2 saturated carbocycles. The Hall–Kier alpha value is -0.540. The third kappa shape index (κ3) is 3.56. The summed E-state index contributed by atoms with van der Waals surface area (Å²) < 4.78 is 2.19. The number of aromatic nitrogens is 2. The first-order chi connectivity index (χ1) is 9.83. The Balaban J connectivity index is 1.45. The van der Waals surface area contributed by atoms with Crippen molar-refractivity contribution >= 4 is 11.6 Å². The minimum atomic E-state index is 0.377. The molecule has 1 aromatic heterocycles. The van der Waals surface area contributed by atoms with E-state index in [0.29, 0.717) is 17.3 Å². The van der Waals surface area contributed by atoms with Crippen molar-refractivity contribution in [1.82, 2.24) is 15.1 Å². The number of nitrogens with zero attached hydrogens (tertiary/aromatic N) is 2. The van der Waals surface area contributed by atoms with E-state index in [2.05, 4.69) is 22.3 Å². The smallest absolute Gasteiger partial charge is 0.0762 e. The Bertz CT molecular complexity index is 412. The highest BCUT2D eigenvalue weighted by atomic mass is 35.5. The molecule has 2 atom stereocenters. The van der Waals surface area contributed by atoms with Gasteiger partial charge in [0.25, 0.3) is 0 Å². The zero-order chi connectivity index (χ0) is 13.8. The van der Waals surface area contributed by atoms with E-state index in [1.54, 1.807) is 0 Å². The molecular weight excluding hydrogens is 270 g/mol. The Morgan fingerprint density at radius 1 is 1.15 bits per heavy atom. The van der Waals surface area contributed by atoms with E-state index >= 15 is 0 Å². The second-order valence-electron chi connectivity index (χ2n) is 6.42. The third-order valence-corrected chi connectivity index (χ3v) is 5.47. The molecule has 2 unspecified atom stereocenters. The van der Waals surface area contributed by atoms with Crippen LogP contribution in [-0.4, -0.2) is 21.7 Å². The van der Waals surface area contributed by atoms with Crippen LogP contribution >= 0.6 is 11.6 Å². The summed E-state index contributed by atoms with van der Waals surface area (Å²) in [7, 11) is 0. The van der Waals surface area contributed by atoms with Crippen LogP contribution in [0.15, 0.2) is 12.3 Å². The Morgan fingerprint density at radius 2 is 2.00 bits per heavy atom. The van der Waals surface area contributed by atoms with Gasteiger partial charge in [-0.1, -0.05) is 25.7 Å². The van der Waals surface area contributed by atoms with Crippen molar-refractivity contribution in [3.05, 3.63) is 18.0 Å². The fourth-order valence-corrected chi connectivity index (χ4v) is 4.00. The van der Waals surface area contributed by atoms with Crippen LogP contribution in [0.3, 0.4) is 0 Å². The molecule has 20 heavy (non-hydrogen) atoms. The predicted molar refractivity (Wildman–Crippen MR) is 83.0 cm³/mol. The van der Waals surface area contributed by atoms with E-state index in [9.17, 15) is 0 Å². The van der Waals surface area contributed by atoms with Crippen molar-refractivity contribution < 1.29 is 0 Å². The third-order valence-electron chi connectivity index (χ3n) is 4.89. The van der Waals surface area contributed by atoms with Gasteiger partial charge < -0.3 is 5.32 Å². The molecule has 0 amide bonds. The number of rotatable bonds is 5. The topological polar surface area (TPSA) is 29.9 Å². The van der Waals surface area contributed by atoms with Gasteiger partial charge in [0.15, 0.2) is 0 Å². The van der Waals surface area contributed by atoms with Crippen molar-refractivity contribution in [2.24, 2.45) is 5.92 Å². The molecule has 0 radical (unpaired) electrons. The molecule has 2 aliphatic carbocycles. The molecule has 0 spiro atoms. The normalized spacial score (nSPS) is 28.1. The summed E-state index contributed by atoms with van der Waals surface area (Å²) >= 11 is 6.31. The summed E-state index contributed by atoms with van der Waals surface area (Å²) in [5.41, 5.74) is 1.17. The summed E-state index contributed by atoms with van der Waals surface area (Å²) in [6.45, 7) is 1.91. The predicted octanol–water partition coefficient (Wildman–Crippen LogP) is 3.89. The molecular formula is C16H26ClN3. The maximum atomic E-state index is 6.31. The van der Waals surface area contributed by atoms with Crippen LogP contribution in [0, 0.1) is 5.92 Å². The lowest BCUT2D eigenvalue weighted by Crippen LogP contribution is -2.25. The Kier molecular flexibility index (Phi) is 5.00. The number of halogens is 1. The van der Waals surface area contributed by atoms with Gasteiger partial charge in [-0.25, -0.2) is 0 Å². The van der Waals surface area contributed by atoms with E-state index in [-0.39, 0.29) is 0 Å². The van der Waals surface area contributed by atoms with Crippen LogP contribution in [0.4, 0.5) is 0 Å². The second-order valence-corrected chi connectivity index (χ2v) is 6.98. The molecule has 0 aliphatic heterocycles. The Morgan fingerprint density at radius 3 is 2.75 bits per heavy atom. The van der Waals surface area contributed by atoms with Gasteiger partial charge in [-0.15, -0.1) is 11.6 Å². The Labute approximate surface area is 127 Å². The van der Waals surface area contributed by atoms with Gasteiger partial charge in [0.2, 0.25) is 0 Å². The van der Waals surface area contributed by atoms with Gasteiger partial charge in [0.1, 0.15) is 0 Å². The van der Waals surface area contributed by atoms with E-state index in [1.165, 1.54) is 57.1 Å². The fourth-order valence-electron chi connectivity index (χ4n) is 3.63. The quantitative estimate of drug-likeness (QED) is 0.835. The lowest BCUT2D eigenvalue weighted by molar-refractivity contribution is 0.327. The molecule has 112 valence electrons. The number of hydrogen-bond donors (Lipinski definition) is 1. The monoisotopic (exact) mass is 295 g/mol. The molecule has 1 aromatic rings. The van der Waals surface area contributed by atoms with Crippen molar-refractivity contribution in [2.45, 2.75) is 69.3 Å². The minimum Gasteiger partial charge on any atom is -0.311 e. The molecule has 1 heterocycles. The van der Waals surface area contributed by atoms with E-state index in [0.717, 1.165) is 13.1 Å². The summed E-state index contributed by atoms with van der Waals surface area (Å²) in [4.78, 5) is 0.